The highest BCUT2D eigenvalue weighted by Gasteiger charge is 2.03. The van der Waals surface area contributed by atoms with Crippen LogP contribution in [-0.4, -0.2) is 22.3 Å². The Labute approximate surface area is 129 Å². The number of nitrogens with one attached hydrogen (secondary N) is 2. The van der Waals surface area contributed by atoms with Gasteiger partial charge in [-0.25, -0.2) is 0 Å². The highest BCUT2D eigenvalue weighted by atomic mass is 16.5. The average molecular weight is 294 g/mol. The van der Waals surface area contributed by atoms with E-state index in [-0.39, 0.29) is 0 Å². The molecular formula is C17H18N4O. The van der Waals surface area contributed by atoms with Gasteiger partial charge in [0.15, 0.2) is 5.82 Å². The van der Waals surface area contributed by atoms with Crippen molar-refractivity contribution in [2.45, 2.75) is 13.3 Å². The zero-order valence-electron chi connectivity index (χ0n) is 12.6. The molecule has 0 aliphatic carbocycles. The van der Waals surface area contributed by atoms with Crippen molar-refractivity contribution in [3.05, 3.63) is 65.6 Å². The molecule has 1 aromatic carbocycles. The summed E-state index contributed by atoms with van der Waals surface area (Å²) in [7, 11) is 1.67. The maximum atomic E-state index is 5.25. The van der Waals surface area contributed by atoms with E-state index in [4.69, 9.17) is 4.74 Å². The number of aryl methyl sites for hydroxylation is 1. The number of pyridine rings is 1. The van der Waals surface area contributed by atoms with Crippen molar-refractivity contribution in [1.29, 1.82) is 0 Å². The molecule has 0 unspecified atom stereocenters. The molecule has 0 amide bonds. The van der Waals surface area contributed by atoms with Gasteiger partial charge in [-0.1, -0.05) is 12.1 Å². The lowest BCUT2D eigenvalue weighted by molar-refractivity contribution is 0.414. The Morgan fingerprint density at radius 1 is 1.18 bits per heavy atom. The van der Waals surface area contributed by atoms with Crippen molar-refractivity contribution in [2.75, 3.05) is 12.4 Å². The largest absolute Gasteiger partial charge is 0.497 e. The van der Waals surface area contributed by atoms with Gasteiger partial charge in [-0.05, 0) is 36.8 Å². The molecule has 0 saturated carbocycles. The topological polar surface area (TPSA) is 62.8 Å². The van der Waals surface area contributed by atoms with Gasteiger partial charge in [0, 0.05) is 35.8 Å². The highest BCUT2D eigenvalue weighted by molar-refractivity contribution is 5.56. The summed E-state index contributed by atoms with van der Waals surface area (Å²) in [5.41, 5.74) is 4.15. The minimum atomic E-state index is 0.756. The monoisotopic (exact) mass is 294 g/mol. The Hall–Kier alpha value is -2.82. The van der Waals surface area contributed by atoms with E-state index in [1.54, 1.807) is 13.3 Å². The van der Waals surface area contributed by atoms with Crippen LogP contribution in [0, 0.1) is 6.92 Å². The van der Waals surface area contributed by atoms with Crippen LogP contribution in [0.4, 0.5) is 11.5 Å². The van der Waals surface area contributed by atoms with E-state index in [1.807, 2.05) is 43.3 Å². The van der Waals surface area contributed by atoms with Crippen LogP contribution in [0.15, 0.2) is 48.7 Å². The molecule has 2 aromatic heterocycles. The first-order chi connectivity index (χ1) is 10.7. The summed E-state index contributed by atoms with van der Waals surface area (Å²) in [4.78, 5) is 4.43. The zero-order chi connectivity index (χ0) is 15.4. The molecule has 0 fully saturated rings. The number of aromatic nitrogens is 3. The third kappa shape index (κ3) is 3.44. The number of H-pyrrole nitrogens is 1. The van der Waals surface area contributed by atoms with Crippen LogP contribution in [-0.2, 0) is 6.42 Å². The van der Waals surface area contributed by atoms with Gasteiger partial charge in [0.2, 0.25) is 0 Å². The Bertz CT molecular complexity index is 767. The molecule has 5 nitrogen and oxygen atoms in total. The summed E-state index contributed by atoms with van der Waals surface area (Å²) in [6.45, 7) is 1.97. The van der Waals surface area contributed by atoms with Crippen LogP contribution in [0.3, 0.4) is 0 Å². The molecule has 112 valence electrons. The Balaban J connectivity index is 1.75. The lowest BCUT2D eigenvalue weighted by atomic mass is 10.1. The molecule has 5 heteroatoms. The van der Waals surface area contributed by atoms with Crippen LogP contribution in [0.2, 0.25) is 0 Å². The van der Waals surface area contributed by atoms with E-state index in [9.17, 15) is 0 Å². The number of benzene rings is 1. The number of aromatic amines is 1. The molecule has 3 aromatic rings. The fourth-order valence-electron chi connectivity index (χ4n) is 2.27. The smallest absolute Gasteiger partial charge is 0.152 e. The number of anilines is 2. The predicted molar refractivity (Wildman–Crippen MR) is 86.6 cm³/mol. The van der Waals surface area contributed by atoms with Crippen molar-refractivity contribution in [1.82, 2.24) is 15.2 Å². The van der Waals surface area contributed by atoms with E-state index in [2.05, 4.69) is 26.6 Å². The van der Waals surface area contributed by atoms with Gasteiger partial charge in [-0.15, -0.1) is 0 Å². The summed E-state index contributed by atoms with van der Waals surface area (Å²) in [5.74, 6) is 1.66. The second kappa shape index (κ2) is 6.30. The second-order valence-electron chi connectivity index (χ2n) is 5.13. The first kappa shape index (κ1) is 14.1. The van der Waals surface area contributed by atoms with Crippen molar-refractivity contribution in [2.24, 2.45) is 0 Å². The molecule has 0 atom stereocenters. The average Bonchev–Trinajstić information content (AvgIpc) is 2.93. The quantitative estimate of drug-likeness (QED) is 0.756. The highest BCUT2D eigenvalue weighted by Crippen LogP contribution is 2.19. The van der Waals surface area contributed by atoms with E-state index >= 15 is 0 Å². The summed E-state index contributed by atoms with van der Waals surface area (Å²) in [6.07, 6.45) is 2.56. The fourth-order valence-corrected chi connectivity index (χ4v) is 2.27. The summed E-state index contributed by atoms with van der Waals surface area (Å²) in [5, 5.41) is 10.4. The van der Waals surface area contributed by atoms with Crippen LogP contribution in [0.5, 0.6) is 5.75 Å². The molecule has 0 aliphatic rings. The molecule has 3 rings (SSSR count). The van der Waals surface area contributed by atoms with Gasteiger partial charge >= 0.3 is 0 Å². The first-order valence-corrected chi connectivity index (χ1v) is 7.10. The summed E-state index contributed by atoms with van der Waals surface area (Å²) in [6, 6.07) is 13.9. The van der Waals surface area contributed by atoms with Crippen molar-refractivity contribution in [3.8, 4) is 5.75 Å². The van der Waals surface area contributed by atoms with Gasteiger partial charge in [-0.2, -0.15) is 5.10 Å². The van der Waals surface area contributed by atoms with Crippen molar-refractivity contribution < 1.29 is 4.74 Å². The summed E-state index contributed by atoms with van der Waals surface area (Å²) < 4.78 is 5.25. The SMILES string of the molecule is COc1cccc(Cc2cc(Nc3cc(C)[nH]n3)ccn2)c1. The number of ether oxygens (including phenoxy) is 1. The Morgan fingerprint density at radius 3 is 2.86 bits per heavy atom. The predicted octanol–water partition coefficient (Wildman–Crippen LogP) is 3.46. The van der Waals surface area contributed by atoms with Crippen molar-refractivity contribution >= 4 is 11.5 Å². The third-order valence-corrected chi connectivity index (χ3v) is 3.31. The first-order valence-electron chi connectivity index (χ1n) is 7.10. The lowest BCUT2D eigenvalue weighted by Gasteiger charge is -2.07. The van der Waals surface area contributed by atoms with Crippen LogP contribution in [0.25, 0.3) is 0 Å². The maximum Gasteiger partial charge on any atom is 0.152 e. The van der Waals surface area contributed by atoms with Gasteiger partial charge in [0.05, 0.1) is 7.11 Å². The Morgan fingerprint density at radius 2 is 2.09 bits per heavy atom. The zero-order valence-corrected chi connectivity index (χ0v) is 12.6. The minimum absolute atomic E-state index is 0.756. The molecule has 0 saturated heterocycles. The van der Waals surface area contributed by atoms with Gasteiger partial charge in [0.25, 0.3) is 0 Å². The molecule has 0 radical (unpaired) electrons. The normalized spacial score (nSPS) is 10.5. The number of hydrogen-bond acceptors (Lipinski definition) is 4. The minimum Gasteiger partial charge on any atom is -0.497 e. The lowest BCUT2D eigenvalue weighted by Crippen LogP contribution is -1.96. The van der Waals surface area contributed by atoms with E-state index in [1.165, 1.54) is 5.56 Å². The van der Waals surface area contributed by atoms with Crippen LogP contribution >= 0.6 is 0 Å². The fraction of sp³-hybridized carbons (Fsp3) is 0.176. The molecule has 0 bridgehead atoms. The molecule has 0 aliphatic heterocycles. The van der Waals surface area contributed by atoms with Gasteiger partial charge in [0.1, 0.15) is 5.75 Å². The van der Waals surface area contributed by atoms with E-state index in [0.29, 0.717) is 0 Å². The summed E-state index contributed by atoms with van der Waals surface area (Å²) >= 11 is 0. The molecule has 2 N–H and O–H groups in total. The molecule has 2 heterocycles. The van der Waals surface area contributed by atoms with Crippen LogP contribution < -0.4 is 10.1 Å². The van der Waals surface area contributed by atoms with E-state index < -0.39 is 0 Å². The van der Waals surface area contributed by atoms with Crippen molar-refractivity contribution in [3.63, 3.8) is 0 Å². The third-order valence-electron chi connectivity index (χ3n) is 3.31. The number of rotatable bonds is 5. The van der Waals surface area contributed by atoms with Crippen LogP contribution in [0.1, 0.15) is 17.0 Å². The molecular weight excluding hydrogens is 276 g/mol. The standard InChI is InChI=1S/C17H18N4O/c1-12-8-17(21-20-12)19-14-6-7-18-15(11-14)9-13-4-3-5-16(10-13)22-2/h3-8,10-11H,9H2,1-2H3,(H2,18,19,20,21). The Kier molecular flexibility index (Phi) is 4.05. The number of methoxy groups -OCH3 is 1. The molecule has 22 heavy (non-hydrogen) atoms. The molecule has 0 spiro atoms. The van der Waals surface area contributed by atoms with Gasteiger partial charge in [-0.3, -0.25) is 10.1 Å². The van der Waals surface area contributed by atoms with E-state index in [0.717, 1.165) is 35.1 Å². The number of nitrogens with zero attached hydrogens (tertiary/aromatic N) is 2. The second-order valence-corrected chi connectivity index (χ2v) is 5.13. The number of hydrogen-bond donors (Lipinski definition) is 2. The van der Waals surface area contributed by atoms with Gasteiger partial charge < -0.3 is 10.1 Å². The maximum absolute atomic E-state index is 5.25.